The van der Waals surface area contributed by atoms with Crippen molar-refractivity contribution in [2.24, 2.45) is 0 Å². The summed E-state index contributed by atoms with van der Waals surface area (Å²) in [6, 6.07) is 0.141. The van der Waals surface area contributed by atoms with E-state index in [0.717, 1.165) is 0 Å². The van der Waals surface area contributed by atoms with Gasteiger partial charge in [0.15, 0.2) is 0 Å². The van der Waals surface area contributed by atoms with Gasteiger partial charge in [-0.15, -0.1) is 0 Å². The minimum atomic E-state index is -0.815. The smallest absolute Gasteiger partial charge is 0.305 e. The number of amides is 1. The molecule has 5 nitrogen and oxygen atoms in total. The van der Waals surface area contributed by atoms with Gasteiger partial charge in [0.1, 0.15) is 0 Å². The number of piperazine rings is 1. The van der Waals surface area contributed by atoms with Crippen LogP contribution < -0.4 is 0 Å². The van der Waals surface area contributed by atoms with Crippen molar-refractivity contribution >= 4 is 11.9 Å². The van der Waals surface area contributed by atoms with Crippen molar-refractivity contribution < 1.29 is 14.7 Å². The van der Waals surface area contributed by atoms with Crippen molar-refractivity contribution in [1.82, 2.24) is 9.80 Å². The van der Waals surface area contributed by atoms with Gasteiger partial charge in [-0.25, -0.2) is 0 Å². The minimum absolute atomic E-state index is 0.0188. The Morgan fingerprint density at radius 2 is 2.00 bits per heavy atom. The second kappa shape index (κ2) is 4.61. The van der Waals surface area contributed by atoms with E-state index in [-0.39, 0.29) is 24.4 Å². The van der Waals surface area contributed by atoms with Crippen LogP contribution in [0.25, 0.3) is 0 Å². The van der Waals surface area contributed by atoms with Gasteiger partial charge in [-0.2, -0.15) is 0 Å². The topological polar surface area (TPSA) is 60.9 Å². The molecule has 86 valence electrons. The normalized spacial score (nSPS) is 27.8. The molecule has 0 spiro atoms. The largest absolute Gasteiger partial charge is 0.481 e. The lowest BCUT2D eigenvalue weighted by Gasteiger charge is -2.43. The van der Waals surface area contributed by atoms with Gasteiger partial charge >= 0.3 is 5.97 Å². The molecule has 0 saturated carbocycles. The molecule has 0 aromatic carbocycles. The zero-order chi connectivity index (χ0) is 11.6. The molecule has 0 aliphatic carbocycles. The molecule has 1 N–H and O–H groups in total. The summed E-state index contributed by atoms with van der Waals surface area (Å²) in [6.45, 7) is 4.73. The molecular formula is C10H18N2O3. The molecule has 1 rings (SSSR count). The second-order valence-electron chi connectivity index (χ2n) is 4.19. The van der Waals surface area contributed by atoms with Gasteiger partial charge in [-0.05, 0) is 14.0 Å². The van der Waals surface area contributed by atoms with E-state index >= 15 is 0 Å². The van der Waals surface area contributed by atoms with E-state index in [2.05, 4.69) is 0 Å². The van der Waals surface area contributed by atoms with Crippen LogP contribution in [0.3, 0.4) is 0 Å². The molecule has 1 saturated heterocycles. The number of carbonyl (C=O) groups is 2. The SMILES string of the molecule is CC(=O)N1C[C@H](CC(=O)O)N(C)[C@H](C)C1. The Balaban J connectivity index is 2.68. The molecule has 15 heavy (non-hydrogen) atoms. The molecule has 0 aromatic heterocycles. The van der Waals surface area contributed by atoms with Crippen LogP contribution in [0.5, 0.6) is 0 Å². The van der Waals surface area contributed by atoms with Crippen LogP contribution >= 0.6 is 0 Å². The van der Waals surface area contributed by atoms with Gasteiger partial charge in [-0.1, -0.05) is 0 Å². The number of carboxylic acid groups (broad SMARTS) is 1. The van der Waals surface area contributed by atoms with E-state index in [9.17, 15) is 9.59 Å². The summed E-state index contributed by atoms with van der Waals surface area (Å²) in [7, 11) is 1.91. The Morgan fingerprint density at radius 3 is 2.47 bits per heavy atom. The van der Waals surface area contributed by atoms with Crippen molar-refractivity contribution in [3.8, 4) is 0 Å². The zero-order valence-corrected chi connectivity index (χ0v) is 9.43. The fourth-order valence-electron chi connectivity index (χ4n) is 1.93. The maximum absolute atomic E-state index is 11.2. The first kappa shape index (κ1) is 12.0. The van der Waals surface area contributed by atoms with Gasteiger partial charge in [0.05, 0.1) is 6.42 Å². The number of hydrogen-bond acceptors (Lipinski definition) is 3. The van der Waals surface area contributed by atoms with Crippen LogP contribution in [0, 0.1) is 0 Å². The Kier molecular flexibility index (Phi) is 3.68. The van der Waals surface area contributed by atoms with E-state index in [1.54, 1.807) is 4.90 Å². The Bertz CT molecular complexity index is 267. The number of nitrogens with zero attached hydrogens (tertiary/aromatic N) is 2. The Labute approximate surface area is 89.7 Å². The standard InChI is InChI=1S/C10H18N2O3/c1-7-5-12(8(2)13)6-9(11(7)3)4-10(14)15/h7,9H,4-6H2,1-3H3,(H,14,15)/t7-,9+/m1/s1. The number of likely N-dealkylation sites (N-methyl/N-ethyl adjacent to an activating group) is 1. The van der Waals surface area contributed by atoms with Crippen molar-refractivity contribution in [2.75, 3.05) is 20.1 Å². The molecule has 0 radical (unpaired) electrons. The van der Waals surface area contributed by atoms with Gasteiger partial charge in [0.2, 0.25) is 5.91 Å². The molecule has 2 atom stereocenters. The Morgan fingerprint density at radius 1 is 1.40 bits per heavy atom. The number of carboxylic acids is 1. The third-order valence-electron chi connectivity index (χ3n) is 3.04. The predicted molar refractivity (Wildman–Crippen MR) is 55.5 cm³/mol. The Hall–Kier alpha value is -1.10. The second-order valence-corrected chi connectivity index (χ2v) is 4.19. The first-order valence-corrected chi connectivity index (χ1v) is 5.11. The summed E-state index contributed by atoms with van der Waals surface area (Å²) >= 11 is 0. The molecule has 1 aliphatic rings. The highest BCUT2D eigenvalue weighted by molar-refractivity contribution is 5.73. The van der Waals surface area contributed by atoms with Gasteiger partial charge in [0, 0.05) is 32.1 Å². The molecule has 1 aliphatic heterocycles. The first-order valence-electron chi connectivity index (χ1n) is 5.11. The molecule has 0 unspecified atom stereocenters. The van der Waals surface area contributed by atoms with Crippen molar-refractivity contribution in [3.05, 3.63) is 0 Å². The molecule has 1 amide bonds. The lowest BCUT2D eigenvalue weighted by atomic mass is 10.1. The lowest BCUT2D eigenvalue weighted by molar-refractivity contribution is -0.142. The number of hydrogen-bond donors (Lipinski definition) is 1. The fraction of sp³-hybridized carbons (Fsp3) is 0.800. The van der Waals surface area contributed by atoms with Crippen LogP contribution in [0.4, 0.5) is 0 Å². The summed E-state index contributed by atoms with van der Waals surface area (Å²) in [5.41, 5.74) is 0. The van der Waals surface area contributed by atoms with Crippen molar-refractivity contribution in [1.29, 1.82) is 0 Å². The molecule has 5 heteroatoms. The summed E-state index contributed by atoms with van der Waals surface area (Å²) in [4.78, 5) is 25.7. The maximum atomic E-state index is 11.2. The molecule has 1 fully saturated rings. The average Bonchev–Trinajstić information content (AvgIpc) is 2.11. The number of aliphatic carboxylic acids is 1. The summed E-state index contributed by atoms with van der Waals surface area (Å²) in [5, 5.41) is 8.76. The summed E-state index contributed by atoms with van der Waals surface area (Å²) < 4.78 is 0. The minimum Gasteiger partial charge on any atom is -0.481 e. The monoisotopic (exact) mass is 214 g/mol. The van der Waals surface area contributed by atoms with Gasteiger partial charge in [0.25, 0.3) is 0 Å². The van der Waals surface area contributed by atoms with E-state index < -0.39 is 5.97 Å². The van der Waals surface area contributed by atoms with Crippen molar-refractivity contribution in [2.45, 2.75) is 32.4 Å². The van der Waals surface area contributed by atoms with Crippen LogP contribution in [-0.4, -0.2) is 59.0 Å². The van der Waals surface area contributed by atoms with E-state index in [0.29, 0.717) is 13.1 Å². The van der Waals surface area contributed by atoms with E-state index in [1.165, 1.54) is 6.92 Å². The fourth-order valence-corrected chi connectivity index (χ4v) is 1.93. The van der Waals surface area contributed by atoms with E-state index in [4.69, 9.17) is 5.11 Å². The van der Waals surface area contributed by atoms with Crippen molar-refractivity contribution in [3.63, 3.8) is 0 Å². The van der Waals surface area contributed by atoms with Crippen LogP contribution in [0.2, 0.25) is 0 Å². The first-order chi connectivity index (χ1) is 6.91. The molecule has 1 heterocycles. The average molecular weight is 214 g/mol. The van der Waals surface area contributed by atoms with Gasteiger partial charge in [-0.3, -0.25) is 14.5 Å². The highest BCUT2D eigenvalue weighted by atomic mass is 16.4. The number of carbonyl (C=O) groups excluding carboxylic acids is 1. The zero-order valence-electron chi connectivity index (χ0n) is 9.43. The van der Waals surface area contributed by atoms with Gasteiger partial charge < -0.3 is 10.0 Å². The molecular weight excluding hydrogens is 196 g/mol. The predicted octanol–water partition coefficient (Wildman–Crippen LogP) is 0.0121. The van der Waals surface area contributed by atoms with Crippen LogP contribution in [-0.2, 0) is 9.59 Å². The van der Waals surface area contributed by atoms with Crippen LogP contribution in [0.15, 0.2) is 0 Å². The maximum Gasteiger partial charge on any atom is 0.305 e. The lowest BCUT2D eigenvalue weighted by Crippen LogP contribution is -2.57. The molecule has 0 bridgehead atoms. The highest BCUT2D eigenvalue weighted by Crippen LogP contribution is 2.16. The highest BCUT2D eigenvalue weighted by Gasteiger charge is 2.31. The third-order valence-corrected chi connectivity index (χ3v) is 3.04. The van der Waals surface area contributed by atoms with Crippen LogP contribution in [0.1, 0.15) is 20.3 Å². The summed E-state index contributed by atoms with van der Waals surface area (Å²) in [6.07, 6.45) is 0.0879. The number of rotatable bonds is 2. The quantitative estimate of drug-likeness (QED) is 0.703. The molecule has 0 aromatic rings. The third kappa shape index (κ3) is 2.92. The van der Waals surface area contributed by atoms with E-state index in [1.807, 2.05) is 18.9 Å². The summed E-state index contributed by atoms with van der Waals surface area (Å²) in [5.74, 6) is -0.796.